The van der Waals surface area contributed by atoms with E-state index in [-0.39, 0.29) is 17.3 Å². The van der Waals surface area contributed by atoms with E-state index in [2.05, 4.69) is 5.32 Å². The lowest BCUT2D eigenvalue weighted by Gasteiger charge is -2.23. The maximum absolute atomic E-state index is 13.4. The highest BCUT2D eigenvalue weighted by molar-refractivity contribution is 6.07. The fourth-order valence-corrected chi connectivity index (χ4v) is 3.17. The Labute approximate surface area is 145 Å². The average Bonchev–Trinajstić information content (AvgIpc) is 2.59. The maximum atomic E-state index is 13.4. The van der Waals surface area contributed by atoms with Crippen molar-refractivity contribution in [1.82, 2.24) is 4.57 Å². The molecule has 5 nitrogen and oxygen atoms in total. The molecule has 132 valence electrons. The van der Waals surface area contributed by atoms with Crippen LogP contribution in [0.2, 0.25) is 0 Å². The molecule has 0 fully saturated rings. The summed E-state index contributed by atoms with van der Waals surface area (Å²) in [4.78, 5) is 25.2. The number of aryl methyl sites for hydroxylation is 1. The van der Waals surface area contributed by atoms with Gasteiger partial charge in [0.2, 0.25) is 0 Å². The number of nitrogens with one attached hydrogen (secondary N) is 1. The zero-order chi connectivity index (χ0) is 18.0. The number of carbonyl (C=O) groups excluding carboxylic acids is 1. The Bertz CT molecular complexity index is 874. The fourth-order valence-electron chi connectivity index (χ4n) is 3.17. The molecule has 0 saturated heterocycles. The number of carbonyl (C=O) groups is 1. The van der Waals surface area contributed by atoms with E-state index in [1.54, 1.807) is 17.6 Å². The highest BCUT2D eigenvalue weighted by Crippen LogP contribution is 2.26. The summed E-state index contributed by atoms with van der Waals surface area (Å²) in [7, 11) is 0. The van der Waals surface area contributed by atoms with Gasteiger partial charge in [0.15, 0.2) is 0 Å². The van der Waals surface area contributed by atoms with Gasteiger partial charge in [-0.15, -0.1) is 0 Å². The number of amides is 1. The molecule has 0 saturated carbocycles. The zero-order valence-corrected chi connectivity index (χ0v) is 14.4. The molecule has 0 bridgehead atoms. The van der Waals surface area contributed by atoms with Crippen LogP contribution in [0.1, 0.15) is 41.4 Å². The lowest BCUT2D eigenvalue weighted by atomic mass is 10.0. The first-order valence-corrected chi connectivity index (χ1v) is 8.48. The average molecular weight is 344 g/mol. The summed E-state index contributed by atoms with van der Waals surface area (Å²) in [6.07, 6.45) is 2.49. The van der Waals surface area contributed by atoms with Gasteiger partial charge in [-0.1, -0.05) is 0 Å². The minimum atomic E-state index is -0.347. The quantitative estimate of drug-likeness (QED) is 0.926. The molecule has 0 unspecified atom stereocenters. The normalized spacial score (nSPS) is 13.2. The van der Waals surface area contributed by atoms with Crippen LogP contribution in [0.25, 0.3) is 0 Å². The van der Waals surface area contributed by atoms with E-state index in [4.69, 9.17) is 4.74 Å². The molecular formula is C19H21FN2O3. The Kier molecular flexibility index (Phi) is 4.88. The Morgan fingerprint density at radius 2 is 2.12 bits per heavy atom. The third-order valence-corrected chi connectivity index (χ3v) is 4.37. The molecular weight excluding hydrogens is 323 g/mol. The molecule has 1 aliphatic heterocycles. The van der Waals surface area contributed by atoms with E-state index in [1.807, 2.05) is 6.92 Å². The lowest BCUT2D eigenvalue weighted by Crippen LogP contribution is -2.31. The van der Waals surface area contributed by atoms with E-state index in [9.17, 15) is 14.0 Å². The monoisotopic (exact) mass is 344 g/mol. The number of pyridine rings is 1. The number of benzene rings is 1. The summed E-state index contributed by atoms with van der Waals surface area (Å²) >= 11 is 0. The molecule has 1 amide bonds. The number of hydrogen-bond acceptors (Lipinski definition) is 3. The van der Waals surface area contributed by atoms with Gasteiger partial charge in [-0.2, -0.15) is 0 Å². The number of hydrogen-bond donors (Lipinski definition) is 1. The van der Waals surface area contributed by atoms with Crippen LogP contribution >= 0.6 is 0 Å². The molecule has 0 atom stereocenters. The van der Waals surface area contributed by atoms with Crippen molar-refractivity contribution in [2.45, 2.75) is 39.7 Å². The Balaban J connectivity index is 2.03. The largest absolute Gasteiger partial charge is 0.493 e. The summed E-state index contributed by atoms with van der Waals surface area (Å²) in [5.74, 6) is -0.367. The van der Waals surface area contributed by atoms with Crippen molar-refractivity contribution in [2.75, 3.05) is 11.9 Å². The van der Waals surface area contributed by atoms with Gasteiger partial charge in [-0.3, -0.25) is 9.59 Å². The molecule has 3 rings (SSSR count). The molecule has 1 aliphatic rings. The van der Waals surface area contributed by atoms with Gasteiger partial charge in [0.1, 0.15) is 17.1 Å². The van der Waals surface area contributed by atoms with Crippen LogP contribution in [0.5, 0.6) is 5.75 Å². The van der Waals surface area contributed by atoms with E-state index >= 15 is 0 Å². The molecule has 1 aromatic carbocycles. The molecule has 25 heavy (non-hydrogen) atoms. The van der Waals surface area contributed by atoms with Crippen molar-refractivity contribution in [3.05, 3.63) is 57.3 Å². The number of anilines is 1. The fraction of sp³-hybridized carbons (Fsp3) is 0.368. The van der Waals surface area contributed by atoms with Crippen LogP contribution in [-0.4, -0.2) is 17.1 Å². The summed E-state index contributed by atoms with van der Waals surface area (Å²) in [6, 6.07) is 5.79. The standard InChI is InChI=1S/C19H21FN2O3/c1-3-25-16-11-17(23)22-9-5-4-6-15(22)18(16)19(24)21-13-7-8-14(20)12(2)10-13/h7-8,10-11H,3-6,9H2,1-2H3,(H,21,24). The number of ether oxygens (including phenoxy) is 1. The highest BCUT2D eigenvalue weighted by Gasteiger charge is 2.24. The topological polar surface area (TPSA) is 60.3 Å². The van der Waals surface area contributed by atoms with E-state index in [0.29, 0.717) is 47.8 Å². The second-order valence-corrected chi connectivity index (χ2v) is 6.13. The van der Waals surface area contributed by atoms with Gasteiger partial charge in [0, 0.05) is 24.0 Å². The molecule has 0 spiro atoms. The third kappa shape index (κ3) is 3.43. The zero-order valence-electron chi connectivity index (χ0n) is 14.4. The smallest absolute Gasteiger partial charge is 0.261 e. The van der Waals surface area contributed by atoms with Gasteiger partial charge in [-0.05, 0) is 56.9 Å². The minimum absolute atomic E-state index is 0.146. The predicted octanol–water partition coefficient (Wildman–Crippen LogP) is 3.28. The van der Waals surface area contributed by atoms with E-state index < -0.39 is 0 Å². The second-order valence-electron chi connectivity index (χ2n) is 6.13. The first-order chi connectivity index (χ1) is 12.0. The lowest BCUT2D eigenvalue weighted by molar-refractivity contribution is 0.102. The number of halogens is 1. The predicted molar refractivity (Wildman–Crippen MR) is 93.9 cm³/mol. The minimum Gasteiger partial charge on any atom is -0.493 e. The van der Waals surface area contributed by atoms with Gasteiger partial charge >= 0.3 is 0 Å². The summed E-state index contributed by atoms with van der Waals surface area (Å²) in [5, 5.41) is 2.79. The second kappa shape index (κ2) is 7.09. The third-order valence-electron chi connectivity index (χ3n) is 4.37. The Morgan fingerprint density at radius 3 is 2.84 bits per heavy atom. The Hall–Kier alpha value is -2.63. The summed E-state index contributed by atoms with van der Waals surface area (Å²) in [5.41, 5.74) is 1.91. The van der Waals surface area contributed by atoms with Crippen molar-refractivity contribution in [1.29, 1.82) is 0 Å². The van der Waals surface area contributed by atoms with Crippen LogP contribution in [0.3, 0.4) is 0 Å². The van der Waals surface area contributed by atoms with Crippen LogP contribution in [-0.2, 0) is 13.0 Å². The van der Waals surface area contributed by atoms with Crippen LogP contribution in [0.4, 0.5) is 10.1 Å². The Morgan fingerprint density at radius 1 is 1.32 bits per heavy atom. The van der Waals surface area contributed by atoms with Crippen molar-refractivity contribution in [2.24, 2.45) is 0 Å². The summed E-state index contributed by atoms with van der Waals surface area (Å²) in [6.45, 7) is 4.41. The van der Waals surface area contributed by atoms with Crippen LogP contribution in [0, 0.1) is 12.7 Å². The number of aromatic nitrogens is 1. The highest BCUT2D eigenvalue weighted by atomic mass is 19.1. The van der Waals surface area contributed by atoms with E-state index in [0.717, 1.165) is 12.8 Å². The van der Waals surface area contributed by atoms with Crippen molar-refractivity contribution in [3.8, 4) is 5.75 Å². The first kappa shape index (κ1) is 17.2. The molecule has 2 aromatic rings. The SMILES string of the molecule is CCOc1cc(=O)n2c(c1C(=O)Nc1ccc(F)c(C)c1)CCCC2. The first-order valence-electron chi connectivity index (χ1n) is 8.48. The van der Waals surface area contributed by atoms with Crippen molar-refractivity contribution < 1.29 is 13.9 Å². The molecule has 0 radical (unpaired) electrons. The van der Waals surface area contributed by atoms with Crippen molar-refractivity contribution >= 4 is 11.6 Å². The number of nitrogens with zero attached hydrogens (tertiary/aromatic N) is 1. The molecule has 1 N–H and O–H groups in total. The summed E-state index contributed by atoms with van der Waals surface area (Å²) < 4.78 is 20.6. The number of rotatable bonds is 4. The van der Waals surface area contributed by atoms with Crippen molar-refractivity contribution in [3.63, 3.8) is 0 Å². The van der Waals surface area contributed by atoms with Crippen LogP contribution < -0.4 is 15.6 Å². The maximum Gasteiger partial charge on any atom is 0.261 e. The number of fused-ring (bicyclic) bond motifs is 1. The molecule has 0 aliphatic carbocycles. The van der Waals surface area contributed by atoms with Gasteiger partial charge in [-0.25, -0.2) is 4.39 Å². The van der Waals surface area contributed by atoms with Gasteiger partial charge in [0.25, 0.3) is 11.5 Å². The van der Waals surface area contributed by atoms with Gasteiger partial charge < -0.3 is 14.6 Å². The van der Waals surface area contributed by atoms with Gasteiger partial charge in [0.05, 0.1) is 6.61 Å². The van der Waals surface area contributed by atoms with E-state index in [1.165, 1.54) is 18.2 Å². The van der Waals surface area contributed by atoms with Crippen LogP contribution in [0.15, 0.2) is 29.1 Å². The molecule has 2 heterocycles. The molecule has 1 aromatic heterocycles. The molecule has 6 heteroatoms.